The predicted octanol–water partition coefficient (Wildman–Crippen LogP) is 5.10. The SMILES string of the molecule is CC.CCCc1cc(C)nc(SCc2ccc(Cl)nc2)n1. The maximum atomic E-state index is 5.76. The maximum absolute atomic E-state index is 5.76. The zero-order chi connectivity index (χ0) is 15.7. The molecule has 0 aliphatic rings. The Labute approximate surface area is 136 Å². The predicted molar refractivity (Wildman–Crippen MR) is 90.9 cm³/mol. The Morgan fingerprint density at radius 3 is 2.57 bits per heavy atom. The standard InChI is InChI=1S/C14H16ClN3S.C2H6/c1-3-4-12-7-10(2)17-14(18-12)19-9-11-5-6-13(15)16-8-11;1-2/h5-8H,3-4,9H2,1-2H3;1-2H3. The van der Waals surface area contributed by atoms with Gasteiger partial charge >= 0.3 is 0 Å². The van der Waals surface area contributed by atoms with E-state index in [1.807, 2.05) is 26.8 Å². The van der Waals surface area contributed by atoms with Crippen molar-refractivity contribution >= 4 is 23.4 Å². The number of aromatic nitrogens is 3. The second-order valence-electron chi connectivity index (χ2n) is 4.31. The lowest BCUT2D eigenvalue weighted by molar-refractivity contribution is 0.815. The van der Waals surface area contributed by atoms with Crippen molar-refractivity contribution in [2.75, 3.05) is 0 Å². The summed E-state index contributed by atoms with van der Waals surface area (Å²) in [4.78, 5) is 13.1. The van der Waals surface area contributed by atoms with Crippen LogP contribution in [0.25, 0.3) is 0 Å². The molecule has 114 valence electrons. The Balaban J connectivity index is 0.00000106. The molecule has 0 N–H and O–H groups in total. The molecule has 2 aromatic rings. The summed E-state index contributed by atoms with van der Waals surface area (Å²) in [6.07, 6.45) is 3.89. The molecule has 3 nitrogen and oxygen atoms in total. The van der Waals surface area contributed by atoms with Crippen LogP contribution in [0, 0.1) is 6.92 Å². The van der Waals surface area contributed by atoms with Gasteiger partial charge in [-0.25, -0.2) is 15.0 Å². The van der Waals surface area contributed by atoms with Gasteiger partial charge in [-0.15, -0.1) is 0 Å². The first-order chi connectivity index (χ1) is 10.2. The van der Waals surface area contributed by atoms with Crippen molar-refractivity contribution in [3.63, 3.8) is 0 Å². The molecule has 0 saturated heterocycles. The van der Waals surface area contributed by atoms with Gasteiger partial charge < -0.3 is 0 Å². The molecule has 0 unspecified atom stereocenters. The fourth-order valence-electron chi connectivity index (χ4n) is 1.69. The molecule has 0 aromatic carbocycles. The van der Waals surface area contributed by atoms with Crippen LogP contribution in [-0.4, -0.2) is 15.0 Å². The summed E-state index contributed by atoms with van der Waals surface area (Å²) in [6, 6.07) is 5.83. The van der Waals surface area contributed by atoms with Crippen LogP contribution in [-0.2, 0) is 12.2 Å². The zero-order valence-electron chi connectivity index (χ0n) is 13.1. The van der Waals surface area contributed by atoms with Crippen molar-refractivity contribution in [1.29, 1.82) is 0 Å². The van der Waals surface area contributed by atoms with E-state index in [1.165, 1.54) is 0 Å². The van der Waals surface area contributed by atoms with E-state index in [1.54, 1.807) is 24.0 Å². The van der Waals surface area contributed by atoms with Crippen LogP contribution in [0.3, 0.4) is 0 Å². The molecule has 0 fully saturated rings. The summed E-state index contributed by atoms with van der Waals surface area (Å²) in [5, 5.41) is 1.35. The first kappa shape index (κ1) is 17.9. The van der Waals surface area contributed by atoms with E-state index in [9.17, 15) is 0 Å². The average Bonchev–Trinajstić information content (AvgIpc) is 2.49. The molecule has 0 radical (unpaired) electrons. The monoisotopic (exact) mass is 323 g/mol. The van der Waals surface area contributed by atoms with Gasteiger partial charge in [0.15, 0.2) is 5.16 Å². The normalized spacial score (nSPS) is 9.95. The minimum absolute atomic E-state index is 0.519. The maximum Gasteiger partial charge on any atom is 0.188 e. The Morgan fingerprint density at radius 2 is 1.95 bits per heavy atom. The van der Waals surface area contributed by atoms with Crippen LogP contribution in [0.4, 0.5) is 0 Å². The molecule has 5 heteroatoms. The molecule has 0 bridgehead atoms. The molecule has 0 aliphatic carbocycles. The highest BCUT2D eigenvalue weighted by molar-refractivity contribution is 7.98. The Morgan fingerprint density at radius 1 is 1.19 bits per heavy atom. The Kier molecular flexibility index (Phi) is 8.31. The van der Waals surface area contributed by atoms with Crippen molar-refractivity contribution in [2.45, 2.75) is 51.4 Å². The smallest absolute Gasteiger partial charge is 0.188 e. The van der Waals surface area contributed by atoms with Crippen LogP contribution in [0.5, 0.6) is 0 Å². The second kappa shape index (κ2) is 9.74. The Bertz CT molecular complexity index is 544. The fourth-order valence-corrected chi connectivity index (χ4v) is 2.66. The van der Waals surface area contributed by atoms with Gasteiger partial charge in [0.25, 0.3) is 0 Å². The van der Waals surface area contributed by atoms with Gasteiger partial charge in [-0.3, -0.25) is 0 Å². The highest BCUT2D eigenvalue weighted by Gasteiger charge is 2.04. The summed E-state index contributed by atoms with van der Waals surface area (Å²) in [6.45, 7) is 8.17. The van der Waals surface area contributed by atoms with Crippen molar-refractivity contribution in [3.05, 3.63) is 46.5 Å². The molecule has 0 aliphatic heterocycles. The van der Waals surface area contributed by atoms with Gasteiger partial charge in [-0.05, 0) is 31.0 Å². The van der Waals surface area contributed by atoms with Gasteiger partial charge in [0.1, 0.15) is 5.15 Å². The number of halogens is 1. The van der Waals surface area contributed by atoms with Crippen LogP contribution in [0.2, 0.25) is 5.15 Å². The van der Waals surface area contributed by atoms with Crippen molar-refractivity contribution < 1.29 is 0 Å². The lowest BCUT2D eigenvalue weighted by Gasteiger charge is -2.05. The minimum Gasteiger partial charge on any atom is -0.244 e. The van der Waals surface area contributed by atoms with Crippen molar-refractivity contribution in [2.24, 2.45) is 0 Å². The van der Waals surface area contributed by atoms with Crippen LogP contribution < -0.4 is 0 Å². The van der Waals surface area contributed by atoms with Gasteiger partial charge in [0.05, 0.1) is 0 Å². The molecule has 2 heterocycles. The minimum atomic E-state index is 0.519. The molecule has 2 rings (SSSR count). The van der Waals surface area contributed by atoms with Gasteiger partial charge in [-0.2, -0.15) is 0 Å². The quantitative estimate of drug-likeness (QED) is 0.435. The van der Waals surface area contributed by atoms with E-state index in [0.29, 0.717) is 5.15 Å². The molecule has 0 atom stereocenters. The van der Waals surface area contributed by atoms with Crippen LogP contribution in [0.15, 0.2) is 29.6 Å². The number of hydrogen-bond acceptors (Lipinski definition) is 4. The highest BCUT2D eigenvalue weighted by Crippen LogP contribution is 2.20. The Hall–Kier alpha value is -1.13. The van der Waals surface area contributed by atoms with E-state index in [2.05, 4.69) is 27.9 Å². The largest absolute Gasteiger partial charge is 0.244 e. The first-order valence-electron chi connectivity index (χ1n) is 7.25. The topological polar surface area (TPSA) is 38.7 Å². The number of thioether (sulfide) groups is 1. The third-order valence-electron chi connectivity index (χ3n) is 2.55. The summed E-state index contributed by atoms with van der Waals surface area (Å²) in [5.74, 6) is 0.805. The van der Waals surface area contributed by atoms with Gasteiger partial charge in [-0.1, -0.05) is 56.6 Å². The molecular weight excluding hydrogens is 302 g/mol. The molecule has 0 spiro atoms. The summed E-state index contributed by atoms with van der Waals surface area (Å²) in [7, 11) is 0. The summed E-state index contributed by atoms with van der Waals surface area (Å²) in [5.41, 5.74) is 3.26. The number of aryl methyl sites for hydroxylation is 2. The zero-order valence-corrected chi connectivity index (χ0v) is 14.6. The van der Waals surface area contributed by atoms with E-state index in [4.69, 9.17) is 11.6 Å². The lowest BCUT2D eigenvalue weighted by Crippen LogP contribution is -1.97. The third kappa shape index (κ3) is 6.44. The molecule has 0 saturated carbocycles. The molecule has 21 heavy (non-hydrogen) atoms. The van der Waals surface area contributed by atoms with E-state index >= 15 is 0 Å². The molecule has 0 amide bonds. The van der Waals surface area contributed by atoms with Crippen LogP contribution >= 0.6 is 23.4 Å². The van der Waals surface area contributed by atoms with E-state index in [-0.39, 0.29) is 0 Å². The summed E-state index contributed by atoms with van der Waals surface area (Å²) >= 11 is 7.39. The van der Waals surface area contributed by atoms with Crippen LogP contribution in [0.1, 0.15) is 44.1 Å². The van der Waals surface area contributed by atoms with Crippen molar-refractivity contribution in [1.82, 2.24) is 15.0 Å². The van der Waals surface area contributed by atoms with E-state index in [0.717, 1.165) is 40.7 Å². The van der Waals surface area contributed by atoms with Gasteiger partial charge in [0.2, 0.25) is 0 Å². The summed E-state index contributed by atoms with van der Waals surface area (Å²) < 4.78 is 0. The highest BCUT2D eigenvalue weighted by atomic mass is 35.5. The number of pyridine rings is 1. The van der Waals surface area contributed by atoms with Crippen molar-refractivity contribution in [3.8, 4) is 0 Å². The van der Waals surface area contributed by atoms with E-state index < -0.39 is 0 Å². The third-order valence-corrected chi connectivity index (χ3v) is 3.69. The molecule has 2 aromatic heterocycles. The number of hydrogen-bond donors (Lipinski definition) is 0. The average molecular weight is 324 g/mol. The van der Waals surface area contributed by atoms with Gasteiger partial charge in [0, 0.05) is 23.3 Å². The first-order valence-corrected chi connectivity index (χ1v) is 8.61. The second-order valence-corrected chi connectivity index (χ2v) is 5.64. The molecular formula is C16H22ClN3S. The number of rotatable bonds is 5. The fraction of sp³-hybridized carbons (Fsp3) is 0.438. The number of nitrogens with zero attached hydrogens (tertiary/aromatic N) is 3. The lowest BCUT2D eigenvalue weighted by atomic mass is 10.2.